The van der Waals surface area contributed by atoms with Crippen LogP contribution in [-0.4, -0.2) is 16.5 Å². The molecule has 4 nitrogen and oxygen atoms in total. The lowest BCUT2D eigenvalue weighted by Crippen LogP contribution is -2.37. The quantitative estimate of drug-likeness (QED) is 0.757. The molecule has 18 heavy (non-hydrogen) atoms. The molecule has 0 amide bonds. The molecule has 1 fully saturated rings. The molecule has 1 aliphatic carbocycles. The van der Waals surface area contributed by atoms with Crippen molar-refractivity contribution in [2.45, 2.75) is 37.5 Å². The summed E-state index contributed by atoms with van der Waals surface area (Å²) < 4.78 is 0. The highest BCUT2D eigenvalue weighted by Gasteiger charge is 2.34. The number of benzene rings is 1. The maximum atomic E-state index is 11.5. The van der Waals surface area contributed by atoms with Gasteiger partial charge in [0.15, 0.2) is 0 Å². The average Bonchev–Trinajstić information content (AvgIpc) is 2.79. The number of nitrogens with two attached hydrogens (primary N) is 1. The number of aromatic nitrogens is 2. The van der Waals surface area contributed by atoms with Gasteiger partial charge in [-0.25, -0.2) is 4.79 Å². The lowest BCUT2D eigenvalue weighted by Gasteiger charge is -2.37. The van der Waals surface area contributed by atoms with Crippen LogP contribution in [0.2, 0.25) is 0 Å². The first kappa shape index (κ1) is 11.5. The molecule has 4 N–H and O–H groups in total. The maximum Gasteiger partial charge on any atom is 0.323 e. The highest BCUT2D eigenvalue weighted by atomic mass is 16.1. The molecule has 0 atom stereocenters. The lowest BCUT2D eigenvalue weighted by atomic mass is 9.69. The monoisotopic (exact) mass is 245 g/mol. The van der Waals surface area contributed by atoms with Gasteiger partial charge in [-0.1, -0.05) is 31.4 Å². The van der Waals surface area contributed by atoms with Crippen molar-refractivity contribution in [2.75, 3.05) is 6.54 Å². The Morgan fingerprint density at radius 3 is 2.67 bits per heavy atom. The molecular formula is C14H19N3O. The summed E-state index contributed by atoms with van der Waals surface area (Å²) in [6.07, 6.45) is 5.98. The van der Waals surface area contributed by atoms with Gasteiger partial charge in [-0.05, 0) is 24.5 Å². The van der Waals surface area contributed by atoms with E-state index in [2.05, 4.69) is 16.0 Å². The van der Waals surface area contributed by atoms with E-state index in [0.29, 0.717) is 6.54 Å². The fraction of sp³-hybridized carbons (Fsp3) is 0.500. The van der Waals surface area contributed by atoms with Gasteiger partial charge in [0.25, 0.3) is 0 Å². The van der Waals surface area contributed by atoms with Crippen LogP contribution in [0.5, 0.6) is 0 Å². The van der Waals surface area contributed by atoms with Crippen molar-refractivity contribution in [3.05, 3.63) is 34.2 Å². The van der Waals surface area contributed by atoms with E-state index in [-0.39, 0.29) is 11.1 Å². The minimum absolute atomic E-state index is 0.0445. The number of hydrogen-bond acceptors (Lipinski definition) is 2. The first-order valence-corrected chi connectivity index (χ1v) is 6.67. The maximum absolute atomic E-state index is 11.5. The van der Waals surface area contributed by atoms with Crippen molar-refractivity contribution in [3.63, 3.8) is 0 Å². The van der Waals surface area contributed by atoms with Gasteiger partial charge in [-0.2, -0.15) is 0 Å². The number of imidazole rings is 1. The third-order valence-corrected chi connectivity index (χ3v) is 4.32. The van der Waals surface area contributed by atoms with Crippen LogP contribution in [0.4, 0.5) is 0 Å². The van der Waals surface area contributed by atoms with E-state index in [1.807, 2.05) is 12.1 Å². The number of H-pyrrole nitrogens is 2. The Labute approximate surface area is 106 Å². The van der Waals surface area contributed by atoms with Crippen molar-refractivity contribution in [3.8, 4) is 0 Å². The summed E-state index contributed by atoms with van der Waals surface area (Å²) in [6.45, 7) is 0.652. The SMILES string of the molecule is NCC1(c2cccc3[nH]c(=O)[nH]c23)CCCCC1. The minimum atomic E-state index is -0.138. The Morgan fingerprint density at radius 2 is 1.94 bits per heavy atom. The zero-order valence-corrected chi connectivity index (χ0v) is 10.5. The van der Waals surface area contributed by atoms with Crippen molar-refractivity contribution < 1.29 is 0 Å². The topological polar surface area (TPSA) is 74.7 Å². The van der Waals surface area contributed by atoms with E-state index in [4.69, 9.17) is 5.73 Å². The van der Waals surface area contributed by atoms with Gasteiger partial charge in [0.1, 0.15) is 0 Å². The van der Waals surface area contributed by atoms with Crippen LogP contribution in [0, 0.1) is 0 Å². The van der Waals surface area contributed by atoms with E-state index in [9.17, 15) is 4.79 Å². The molecule has 1 aliphatic rings. The Balaban J connectivity index is 2.19. The zero-order valence-electron chi connectivity index (χ0n) is 10.5. The molecule has 0 radical (unpaired) electrons. The average molecular weight is 245 g/mol. The summed E-state index contributed by atoms with van der Waals surface area (Å²) in [4.78, 5) is 17.2. The molecule has 0 bridgehead atoms. The Hall–Kier alpha value is -1.55. The van der Waals surface area contributed by atoms with Crippen LogP contribution in [0.3, 0.4) is 0 Å². The summed E-state index contributed by atoms with van der Waals surface area (Å²) in [7, 11) is 0. The molecule has 0 aliphatic heterocycles. The molecule has 1 saturated carbocycles. The van der Waals surface area contributed by atoms with Gasteiger partial charge in [-0.15, -0.1) is 0 Å². The fourth-order valence-corrected chi connectivity index (χ4v) is 3.31. The smallest absolute Gasteiger partial charge is 0.323 e. The van der Waals surface area contributed by atoms with Crippen LogP contribution in [0.25, 0.3) is 11.0 Å². The van der Waals surface area contributed by atoms with Crippen LogP contribution in [0.15, 0.2) is 23.0 Å². The number of aromatic amines is 2. The lowest BCUT2D eigenvalue weighted by molar-refractivity contribution is 0.302. The van der Waals surface area contributed by atoms with E-state index in [1.54, 1.807) is 0 Å². The molecule has 2 aromatic rings. The normalized spacial score (nSPS) is 19.2. The Bertz CT molecular complexity index is 605. The number of nitrogens with one attached hydrogen (secondary N) is 2. The van der Waals surface area contributed by atoms with Gasteiger partial charge < -0.3 is 15.7 Å². The van der Waals surface area contributed by atoms with Crippen LogP contribution in [0.1, 0.15) is 37.7 Å². The standard InChI is InChI=1S/C14H19N3O/c15-9-14(7-2-1-3-8-14)10-5-4-6-11-12(10)17-13(18)16-11/h4-6H,1-3,7-9,15H2,(H2,16,17,18). The molecule has 3 rings (SSSR count). The van der Waals surface area contributed by atoms with Crippen molar-refractivity contribution in [1.29, 1.82) is 0 Å². The molecule has 4 heteroatoms. The Morgan fingerprint density at radius 1 is 1.17 bits per heavy atom. The highest BCUT2D eigenvalue weighted by Crippen LogP contribution is 2.40. The number of rotatable bonds is 2. The van der Waals surface area contributed by atoms with E-state index < -0.39 is 0 Å². The second kappa shape index (κ2) is 4.28. The summed E-state index contributed by atoms with van der Waals surface area (Å²) in [5, 5.41) is 0. The van der Waals surface area contributed by atoms with Gasteiger partial charge in [-0.3, -0.25) is 0 Å². The van der Waals surface area contributed by atoms with Crippen molar-refractivity contribution >= 4 is 11.0 Å². The third kappa shape index (κ3) is 1.68. The molecule has 0 unspecified atom stereocenters. The third-order valence-electron chi connectivity index (χ3n) is 4.32. The first-order chi connectivity index (χ1) is 8.75. The number of fused-ring (bicyclic) bond motifs is 1. The summed E-state index contributed by atoms with van der Waals surface area (Å²) in [5.41, 5.74) is 9.01. The second-order valence-electron chi connectivity index (χ2n) is 5.35. The largest absolute Gasteiger partial charge is 0.330 e. The van der Waals surface area contributed by atoms with E-state index >= 15 is 0 Å². The van der Waals surface area contributed by atoms with Gasteiger partial charge in [0, 0.05) is 12.0 Å². The predicted octanol–water partition coefficient (Wildman–Crippen LogP) is 2.02. The summed E-state index contributed by atoms with van der Waals surface area (Å²) in [5.74, 6) is 0. The highest BCUT2D eigenvalue weighted by molar-refractivity contribution is 5.79. The predicted molar refractivity (Wildman–Crippen MR) is 72.7 cm³/mol. The summed E-state index contributed by atoms with van der Waals surface area (Å²) in [6, 6.07) is 6.06. The van der Waals surface area contributed by atoms with Crippen molar-refractivity contribution in [1.82, 2.24) is 9.97 Å². The van der Waals surface area contributed by atoms with Gasteiger partial charge >= 0.3 is 5.69 Å². The van der Waals surface area contributed by atoms with Gasteiger partial charge in [0.05, 0.1) is 11.0 Å². The van der Waals surface area contributed by atoms with Crippen LogP contribution < -0.4 is 11.4 Å². The van der Waals surface area contributed by atoms with E-state index in [1.165, 1.54) is 24.8 Å². The van der Waals surface area contributed by atoms with Crippen LogP contribution >= 0.6 is 0 Å². The molecule has 0 saturated heterocycles. The number of para-hydroxylation sites is 1. The number of hydrogen-bond donors (Lipinski definition) is 3. The first-order valence-electron chi connectivity index (χ1n) is 6.67. The molecule has 96 valence electrons. The second-order valence-corrected chi connectivity index (χ2v) is 5.35. The molecular weight excluding hydrogens is 226 g/mol. The molecule has 0 spiro atoms. The van der Waals surface area contributed by atoms with E-state index in [0.717, 1.165) is 23.9 Å². The van der Waals surface area contributed by atoms with Gasteiger partial charge in [0.2, 0.25) is 0 Å². The van der Waals surface area contributed by atoms with Crippen molar-refractivity contribution in [2.24, 2.45) is 5.73 Å². The molecule has 1 aromatic heterocycles. The zero-order chi connectivity index (χ0) is 12.6. The molecule has 1 heterocycles. The van der Waals surface area contributed by atoms with Crippen LogP contribution in [-0.2, 0) is 5.41 Å². The summed E-state index contributed by atoms with van der Waals surface area (Å²) >= 11 is 0. The Kier molecular flexibility index (Phi) is 2.74. The molecule has 1 aromatic carbocycles. The fourth-order valence-electron chi connectivity index (χ4n) is 3.31. The minimum Gasteiger partial charge on any atom is -0.330 e.